The van der Waals surface area contributed by atoms with Crippen molar-refractivity contribution in [3.8, 4) is 0 Å². The van der Waals surface area contributed by atoms with Gasteiger partial charge in [0.15, 0.2) is 0 Å². The van der Waals surface area contributed by atoms with Crippen LogP contribution >= 0.6 is 0 Å². The van der Waals surface area contributed by atoms with Gasteiger partial charge in [-0.1, -0.05) is 36.9 Å². The maximum absolute atomic E-state index is 10.6. The molecule has 68 valence electrons. The molecule has 1 aromatic rings. The first-order valence-electron chi connectivity index (χ1n) is 4.21. The fourth-order valence-electron chi connectivity index (χ4n) is 1.06. The Bertz CT molecular complexity index is 303. The lowest BCUT2D eigenvalue weighted by molar-refractivity contribution is -0.114. The molecule has 1 aromatic carbocycles. The fourth-order valence-corrected chi connectivity index (χ4v) is 1.06. The predicted octanol–water partition coefficient (Wildman–Crippen LogP) is 1.66. The average Bonchev–Trinajstić information content (AvgIpc) is 2.15. The first-order valence-corrected chi connectivity index (χ1v) is 4.21. The zero-order chi connectivity index (χ0) is 9.68. The van der Waals surface area contributed by atoms with Crippen LogP contribution in [0.3, 0.4) is 0 Å². The van der Waals surface area contributed by atoms with Crippen molar-refractivity contribution in [2.45, 2.75) is 12.8 Å². The minimum absolute atomic E-state index is 0.407. The average molecular weight is 175 g/mol. The molecule has 0 heterocycles. The van der Waals surface area contributed by atoms with Crippen LogP contribution in [-0.2, 0) is 11.2 Å². The normalized spacial score (nSPS) is 9.54. The highest BCUT2D eigenvalue weighted by Gasteiger charge is 2.00. The van der Waals surface area contributed by atoms with Gasteiger partial charge in [0, 0.05) is 5.57 Å². The molecule has 13 heavy (non-hydrogen) atoms. The van der Waals surface area contributed by atoms with Gasteiger partial charge in [-0.25, -0.2) is 0 Å². The Morgan fingerprint density at radius 1 is 1.31 bits per heavy atom. The summed E-state index contributed by atoms with van der Waals surface area (Å²) in [4.78, 5) is 10.6. The van der Waals surface area contributed by atoms with Gasteiger partial charge in [0.25, 0.3) is 0 Å². The van der Waals surface area contributed by atoms with Crippen molar-refractivity contribution in [3.05, 3.63) is 48.0 Å². The van der Waals surface area contributed by atoms with Crippen molar-refractivity contribution >= 4 is 5.91 Å². The second-order valence-electron chi connectivity index (χ2n) is 2.95. The molecule has 0 saturated carbocycles. The molecular formula is C11H13NO. The first-order chi connectivity index (χ1) is 6.20. The second-order valence-corrected chi connectivity index (χ2v) is 2.95. The van der Waals surface area contributed by atoms with Gasteiger partial charge in [0.05, 0.1) is 0 Å². The van der Waals surface area contributed by atoms with Crippen LogP contribution in [0.4, 0.5) is 0 Å². The molecule has 0 saturated heterocycles. The first kappa shape index (κ1) is 9.52. The van der Waals surface area contributed by atoms with E-state index in [0.717, 1.165) is 6.42 Å². The Morgan fingerprint density at radius 2 is 1.92 bits per heavy atom. The Balaban J connectivity index is 2.44. The van der Waals surface area contributed by atoms with Crippen LogP contribution < -0.4 is 5.73 Å². The third kappa shape index (κ3) is 3.11. The Morgan fingerprint density at radius 3 is 2.46 bits per heavy atom. The van der Waals surface area contributed by atoms with E-state index in [1.54, 1.807) is 0 Å². The highest BCUT2D eigenvalue weighted by atomic mass is 16.1. The Kier molecular flexibility index (Phi) is 3.26. The van der Waals surface area contributed by atoms with E-state index in [9.17, 15) is 4.79 Å². The molecule has 2 heteroatoms. The van der Waals surface area contributed by atoms with Gasteiger partial charge in [0.2, 0.25) is 5.91 Å². The van der Waals surface area contributed by atoms with E-state index in [2.05, 4.69) is 6.58 Å². The maximum Gasteiger partial charge on any atom is 0.244 e. The largest absolute Gasteiger partial charge is 0.366 e. The number of amides is 1. The maximum atomic E-state index is 10.6. The second kappa shape index (κ2) is 4.45. The van der Waals surface area contributed by atoms with Gasteiger partial charge >= 0.3 is 0 Å². The lowest BCUT2D eigenvalue weighted by Gasteiger charge is -2.00. The Hall–Kier alpha value is -1.57. The highest BCUT2D eigenvalue weighted by Crippen LogP contribution is 2.06. The van der Waals surface area contributed by atoms with Crippen molar-refractivity contribution < 1.29 is 4.79 Å². The zero-order valence-corrected chi connectivity index (χ0v) is 7.49. The van der Waals surface area contributed by atoms with Gasteiger partial charge in [-0.05, 0) is 18.4 Å². The van der Waals surface area contributed by atoms with Crippen molar-refractivity contribution in [2.24, 2.45) is 5.73 Å². The van der Waals surface area contributed by atoms with E-state index in [-0.39, 0.29) is 0 Å². The summed E-state index contributed by atoms with van der Waals surface area (Å²) in [6.45, 7) is 3.59. The smallest absolute Gasteiger partial charge is 0.244 e. The number of nitrogens with two attached hydrogens (primary N) is 1. The topological polar surface area (TPSA) is 43.1 Å². The zero-order valence-electron chi connectivity index (χ0n) is 7.49. The molecule has 0 spiro atoms. The van der Waals surface area contributed by atoms with E-state index in [1.807, 2.05) is 30.3 Å². The van der Waals surface area contributed by atoms with Crippen LogP contribution in [0.15, 0.2) is 42.5 Å². The summed E-state index contributed by atoms with van der Waals surface area (Å²) >= 11 is 0. The standard InChI is InChI=1S/C11H13NO/c1-9(11(12)13)7-8-10-5-3-2-4-6-10/h2-6H,1,7-8H2,(H2,12,13). The van der Waals surface area contributed by atoms with E-state index >= 15 is 0 Å². The lowest BCUT2D eigenvalue weighted by Crippen LogP contribution is -2.13. The summed E-state index contributed by atoms with van der Waals surface area (Å²) in [7, 11) is 0. The third-order valence-corrected chi connectivity index (χ3v) is 1.91. The molecule has 0 atom stereocenters. The molecule has 0 aliphatic heterocycles. The van der Waals surface area contributed by atoms with E-state index < -0.39 is 5.91 Å². The van der Waals surface area contributed by atoms with Crippen molar-refractivity contribution in [3.63, 3.8) is 0 Å². The molecule has 2 nitrogen and oxygen atoms in total. The molecule has 0 unspecified atom stereocenters. The summed E-state index contributed by atoms with van der Waals surface area (Å²) in [5.74, 6) is -0.407. The van der Waals surface area contributed by atoms with Crippen LogP contribution in [-0.4, -0.2) is 5.91 Å². The van der Waals surface area contributed by atoms with Gasteiger partial charge in [-0.15, -0.1) is 0 Å². The molecule has 0 bridgehead atoms. The highest BCUT2D eigenvalue weighted by molar-refractivity contribution is 5.91. The molecule has 0 aliphatic rings. The summed E-state index contributed by atoms with van der Waals surface area (Å²) in [5.41, 5.74) is 6.75. The number of rotatable bonds is 4. The van der Waals surface area contributed by atoms with Crippen LogP contribution in [0.25, 0.3) is 0 Å². The van der Waals surface area contributed by atoms with Crippen LogP contribution in [0.1, 0.15) is 12.0 Å². The van der Waals surface area contributed by atoms with E-state index in [1.165, 1.54) is 5.56 Å². The fraction of sp³-hybridized carbons (Fsp3) is 0.182. The Labute approximate surface area is 78.1 Å². The van der Waals surface area contributed by atoms with E-state index in [0.29, 0.717) is 12.0 Å². The number of primary amides is 1. The SMILES string of the molecule is C=C(CCc1ccccc1)C(N)=O. The number of benzene rings is 1. The quantitative estimate of drug-likeness (QED) is 0.695. The van der Waals surface area contributed by atoms with Gasteiger partial charge in [-0.3, -0.25) is 4.79 Å². The van der Waals surface area contributed by atoms with Crippen molar-refractivity contribution in [1.29, 1.82) is 0 Å². The third-order valence-electron chi connectivity index (χ3n) is 1.91. The summed E-state index contributed by atoms with van der Waals surface area (Å²) in [6, 6.07) is 9.96. The van der Waals surface area contributed by atoms with Crippen LogP contribution in [0, 0.1) is 0 Å². The lowest BCUT2D eigenvalue weighted by atomic mass is 10.1. The predicted molar refractivity (Wildman–Crippen MR) is 53.1 cm³/mol. The van der Waals surface area contributed by atoms with Crippen molar-refractivity contribution in [1.82, 2.24) is 0 Å². The molecule has 2 N–H and O–H groups in total. The number of carbonyl (C=O) groups is 1. The molecule has 1 amide bonds. The molecule has 0 aliphatic carbocycles. The summed E-state index contributed by atoms with van der Waals surface area (Å²) < 4.78 is 0. The molecule has 0 radical (unpaired) electrons. The summed E-state index contributed by atoms with van der Waals surface area (Å²) in [5, 5.41) is 0. The minimum atomic E-state index is -0.407. The van der Waals surface area contributed by atoms with Gasteiger partial charge in [0.1, 0.15) is 0 Å². The van der Waals surface area contributed by atoms with Crippen LogP contribution in [0.5, 0.6) is 0 Å². The van der Waals surface area contributed by atoms with Gasteiger partial charge in [-0.2, -0.15) is 0 Å². The molecule has 1 rings (SSSR count). The minimum Gasteiger partial charge on any atom is -0.366 e. The molecule has 0 fully saturated rings. The van der Waals surface area contributed by atoms with Crippen LogP contribution in [0.2, 0.25) is 0 Å². The van der Waals surface area contributed by atoms with Gasteiger partial charge < -0.3 is 5.73 Å². The molecular weight excluding hydrogens is 162 g/mol. The molecule has 0 aromatic heterocycles. The number of hydrogen-bond acceptors (Lipinski definition) is 1. The number of carbonyl (C=O) groups excluding carboxylic acids is 1. The van der Waals surface area contributed by atoms with Crippen molar-refractivity contribution in [2.75, 3.05) is 0 Å². The number of aryl methyl sites for hydroxylation is 1. The van der Waals surface area contributed by atoms with E-state index in [4.69, 9.17) is 5.73 Å². The monoisotopic (exact) mass is 175 g/mol. The number of hydrogen-bond donors (Lipinski definition) is 1. The summed E-state index contributed by atoms with van der Waals surface area (Å²) in [6.07, 6.45) is 1.46.